The molecule has 0 radical (unpaired) electrons. The fourth-order valence-electron chi connectivity index (χ4n) is 3.96. The summed E-state index contributed by atoms with van der Waals surface area (Å²) in [5.74, 6) is 1.31. The van der Waals surface area contributed by atoms with Gasteiger partial charge in [0.15, 0.2) is 16.7 Å². The second kappa shape index (κ2) is 9.50. The fraction of sp³-hybridized carbons (Fsp3) is 0.409. The molecule has 1 aromatic carbocycles. The van der Waals surface area contributed by atoms with Crippen molar-refractivity contribution in [1.82, 2.24) is 14.8 Å². The van der Waals surface area contributed by atoms with E-state index in [4.69, 9.17) is 4.42 Å². The molecular weight excluding hydrogens is 448 g/mol. The fourth-order valence-corrected chi connectivity index (χ4v) is 5.52. The lowest BCUT2D eigenvalue weighted by Crippen LogP contribution is -2.18. The third kappa shape index (κ3) is 5.24. The molecule has 1 aliphatic rings. The average Bonchev–Trinajstić information content (AvgIpc) is 3.43. The Morgan fingerprint density at radius 3 is 2.50 bits per heavy atom. The summed E-state index contributed by atoms with van der Waals surface area (Å²) < 4.78 is 32.9. The van der Waals surface area contributed by atoms with E-state index >= 15 is 0 Å². The highest BCUT2D eigenvalue weighted by molar-refractivity contribution is 8.00. The van der Waals surface area contributed by atoms with Crippen molar-refractivity contribution in [1.29, 1.82) is 0 Å². The van der Waals surface area contributed by atoms with Crippen LogP contribution in [0, 0.1) is 0 Å². The Bertz CT molecular complexity index is 1170. The Balaban J connectivity index is 1.55. The van der Waals surface area contributed by atoms with E-state index in [1.54, 1.807) is 30.5 Å². The number of carbonyl (C=O) groups excluding carboxylic acids is 1. The number of anilines is 1. The van der Waals surface area contributed by atoms with Gasteiger partial charge in [0.2, 0.25) is 15.8 Å². The van der Waals surface area contributed by atoms with E-state index in [9.17, 15) is 13.2 Å². The first-order valence-corrected chi connectivity index (χ1v) is 13.4. The van der Waals surface area contributed by atoms with Crippen LogP contribution >= 0.6 is 11.8 Å². The van der Waals surface area contributed by atoms with Crippen LogP contribution in [0.25, 0.3) is 11.6 Å². The Kier molecular flexibility index (Phi) is 6.71. The van der Waals surface area contributed by atoms with Gasteiger partial charge in [-0.1, -0.05) is 31.0 Å². The van der Waals surface area contributed by atoms with Gasteiger partial charge in [0, 0.05) is 17.3 Å². The van der Waals surface area contributed by atoms with E-state index in [1.165, 1.54) is 18.2 Å². The largest absolute Gasteiger partial charge is 0.461 e. The number of ketones is 1. The lowest BCUT2D eigenvalue weighted by Gasteiger charge is -2.25. The molecule has 1 aliphatic carbocycles. The highest BCUT2D eigenvalue weighted by Gasteiger charge is 2.27. The number of hydrogen-bond acceptors (Lipinski definition) is 7. The maximum atomic E-state index is 13.0. The van der Waals surface area contributed by atoms with Gasteiger partial charge in [0.1, 0.15) is 0 Å². The minimum atomic E-state index is -3.36. The second-order valence-corrected chi connectivity index (χ2v) is 11.1. The van der Waals surface area contributed by atoms with E-state index in [0.717, 1.165) is 31.9 Å². The summed E-state index contributed by atoms with van der Waals surface area (Å²) in [6.07, 6.45) is 8.36. The van der Waals surface area contributed by atoms with Crippen molar-refractivity contribution in [3.8, 4) is 11.6 Å². The van der Waals surface area contributed by atoms with Crippen LogP contribution in [-0.4, -0.2) is 40.5 Å². The number of furan rings is 1. The van der Waals surface area contributed by atoms with Gasteiger partial charge >= 0.3 is 0 Å². The highest BCUT2D eigenvalue weighted by atomic mass is 32.2. The first kappa shape index (κ1) is 22.6. The number of hydrogen-bond donors (Lipinski definition) is 1. The van der Waals surface area contributed by atoms with Crippen LogP contribution in [-0.2, 0) is 10.0 Å². The quantitative estimate of drug-likeness (QED) is 0.370. The molecule has 0 bridgehead atoms. The van der Waals surface area contributed by atoms with Crippen LogP contribution in [0.4, 0.5) is 5.69 Å². The molecule has 1 atom stereocenters. The third-order valence-corrected chi connectivity index (χ3v) is 7.13. The molecule has 32 heavy (non-hydrogen) atoms. The van der Waals surface area contributed by atoms with Gasteiger partial charge in [-0.2, -0.15) is 0 Å². The number of Topliss-reactive ketones (excluding diaryl/α,β-unsaturated/α-hetero) is 1. The summed E-state index contributed by atoms with van der Waals surface area (Å²) in [6.45, 7) is 1.85. The van der Waals surface area contributed by atoms with E-state index < -0.39 is 10.0 Å². The van der Waals surface area contributed by atoms with Gasteiger partial charge in [0.05, 0.1) is 17.8 Å². The molecule has 1 saturated carbocycles. The number of aromatic nitrogens is 3. The summed E-state index contributed by atoms with van der Waals surface area (Å²) >= 11 is 1.39. The molecule has 0 aliphatic heterocycles. The third-order valence-electron chi connectivity index (χ3n) is 5.47. The highest BCUT2D eigenvalue weighted by Crippen LogP contribution is 2.37. The monoisotopic (exact) mass is 474 g/mol. The van der Waals surface area contributed by atoms with Crippen LogP contribution in [0.5, 0.6) is 0 Å². The van der Waals surface area contributed by atoms with Gasteiger partial charge < -0.3 is 4.42 Å². The van der Waals surface area contributed by atoms with E-state index in [2.05, 4.69) is 19.5 Å². The number of rotatable bonds is 8. The van der Waals surface area contributed by atoms with E-state index in [1.807, 2.05) is 19.1 Å². The van der Waals surface area contributed by atoms with Gasteiger partial charge in [-0.05, 0) is 56.2 Å². The molecule has 2 heterocycles. The first-order valence-electron chi connectivity index (χ1n) is 10.6. The number of carbonyl (C=O) groups is 1. The van der Waals surface area contributed by atoms with Crippen molar-refractivity contribution < 1.29 is 17.6 Å². The summed E-state index contributed by atoms with van der Waals surface area (Å²) in [4.78, 5) is 13.0. The van der Waals surface area contributed by atoms with Crippen molar-refractivity contribution in [2.24, 2.45) is 0 Å². The van der Waals surface area contributed by atoms with Crippen LogP contribution in [0.1, 0.15) is 55.4 Å². The maximum absolute atomic E-state index is 13.0. The van der Waals surface area contributed by atoms with Crippen molar-refractivity contribution in [2.75, 3.05) is 11.0 Å². The smallest absolute Gasteiger partial charge is 0.229 e. The topological polar surface area (TPSA) is 107 Å². The molecule has 10 heteroatoms. The molecule has 2 aromatic heterocycles. The molecule has 0 amide bonds. The number of benzene rings is 1. The number of nitrogens with one attached hydrogen (secondary N) is 1. The first-order chi connectivity index (χ1) is 15.3. The Labute approximate surface area is 191 Å². The summed E-state index contributed by atoms with van der Waals surface area (Å²) in [5.41, 5.74) is 0.934. The lowest BCUT2D eigenvalue weighted by molar-refractivity contribution is 0.0994. The molecule has 1 N–H and O–H groups in total. The molecule has 8 nitrogen and oxygen atoms in total. The van der Waals surface area contributed by atoms with Crippen LogP contribution in [0.3, 0.4) is 0 Å². The van der Waals surface area contributed by atoms with Crippen LogP contribution in [0.2, 0.25) is 0 Å². The summed E-state index contributed by atoms with van der Waals surface area (Å²) in [6, 6.07) is 10.4. The lowest BCUT2D eigenvalue weighted by atomic mass is 9.95. The Morgan fingerprint density at radius 2 is 1.88 bits per heavy atom. The maximum Gasteiger partial charge on any atom is 0.229 e. The van der Waals surface area contributed by atoms with Crippen LogP contribution in [0.15, 0.2) is 52.2 Å². The predicted octanol–water partition coefficient (Wildman–Crippen LogP) is 4.78. The molecule has 0 saturated heterocycles. The van der Waals surface area contributed by atoms with Crippen molar-refractivity contribution >= 4 is 33.3 Å². The Hall–Kier alpha value is -2.59. The standard InChI is InChI=1S/C22H26N4O4S2/c1-15(20(27)16-10-12-17(13-11-16)25-32(2,28)29)31-22-24-23-21(19-9-6-14-30-19)26(22)18-7-4-3-5-8-18/h6,9-15,18,25H,3-5,7-8H2,1-2H3. The second-order valence-electron chi connectivity index (χ2n) is 8.02. The van der Waals surface area contributed by atoms with E-state index in [-0.39, 0.29) is 17.1 Å². The summed E-state index contributed by atoms with van der Waals surface area (Å²) in [7, 11) is -3.36. The molecule has 4 rings (SSSR count). The zero-order valence-electron chi connectivity index (χ0n) is 18.0. The van der Waals surface area contributed by atoms with Crippen molar-refractivity contribution in [3.05, 3.63) is 48.2 Å². The minimum absolute atomic E-state index is 0.0568. The minimum Gasteiger partial charge on any atom is -0.461 e. The molecule has 0 spiro atoms. The SMILES string of the molecule is CC(Sc1nnc(-c2ccco2)n1C1CCCCC1)C(=O)c1ccc(NS(C)(=O)=O)cc1. The number of thioether (sulfide) groups is 1. The zero-order valence-corrected chi connectivity index (χ0v) is 19.7. The van der Waals surface area contributed by atoms with Crippen molar-refractivity contribution in [3.63, 3.8) is 0 Å². The molecule has 1 fully saturated rings. The average molecular weight is 475 g/mol. The van der Waals surface area contributed by atoms with Gasteiger partial charge in [-0.3, -0.25) is 14.1 Å². The van der Waals surface area contributed by atoms with Gasteiger partial charge in [-0.15, -0.1) is 10.2 Å². The number of nitrogens with zero attached hydrogens (tertiary/aromatic N) is 3. The van der Waals surface area contributed by atoms with E-state index in [0.29, 0.717) is 28.0 Å². The molecule has 3 aromatic rings. The van der Waals surface area contributed by atoms with Crippen LogP contribution < -0.4 is 4.72 Å². The number of sulfonamides is 1. The van der Waals surface area contributed by atoms with Gasteiger partial charge in [-0.25, -0.2) is 8.42 Å². The normalized spacial score (nSPS) is 16.1. The molecular formula is C22H26N4O4S2. The van der Waals surface area contributed by atoms with Gasteiger partial charge in [0.25, 0.3) is 0 Å². The molecule has 170 valence electrons. The molecule has 1 unspecified atom stereocenters. The Morgan fingerprint density at radius 1 is 1.16 bits per heavy atom. The zero-order chi connectivity index (χ0) is 22.7. The predicted molar refractivity (Wildman–Crippen MR) is 124 cm³/mol. The summed E-state index contributed by atoms with van der Waals surface area (Å²) in [5, 5.41) is 9.11. The van der Waals surface area contributed by atoms with Crippen molar-refractivity contribution in [2.45, 2.75) is 55.5 Å².